The highest BCUT2D eigenvalue weighted by Gasteiger charge is 2.24. The molecule has 1 heterocycles. The molecule has 1 aliphatic heterocycles. The van der Waals surface area contributed by atoms with Gasteiger partial charge in [-0.1, -0.05) is 24.9 Å². The highest BCUT2D eigenvalue weighted by atomic mass is 35.5. The third kappa shape index (κ3) is 4.07. The minimum atomic E-state index is -0.589. The molecule has 0 spiro atoms. The molecule has 0 aliphatic carbocycles. The van der Waals surface area contributed by atoms with Crippen molar-refractivity contribution >= 4 is 35.0 Å². The molecule has 8 heteroatoms. The van der Waals surface area contributed by atoms with Gasteiger partial charge in [0.1, 0.15) is 5.02 Å². The number of carbonyl (C=O) groups is 1. The molecule has 0 aromatic heterocycles. The van der Waals surface area contributed by atoms with Gasteiger partial charge in [0.05, 0.1) is 9.83 Å². The van der Waals surface area contributed by atoms with E-state index in [-0.39, 0.29) is 22.1 Å². The fraction of sp³-hybridized carbons (Fsp3) is 0.357. The van der Waals surface area contributed by atoms with Crippen LogP contribution >= 0.6 is 23.5 Å². The van der Waals surface area contributed by atoms with Crippen molar-refractivity contribution in [2.45, 2.75) is 19.8 Å². The molecule has 0 saturated carbocycles. The van der Waals surface area contributed by atoms with E-state index in [2.05, 4.69) is 12.3 Å². The molecule has 0 amide bonds. The number of ketones is 1. The summed E-state index contributed by atoms with van der Waals surface area (Å²) in [7, 11) is 0. The van der Waals surface area contributed by atoms with Gasteiger partial charge in [0, 0.05) is 24.7 Å². The lowest BCUT2D eigenvalue weighted by Crippen LogP contribution is -2.30. The fourth-order valence-corrected chi connectivity index (χ4v) is 2.99. The maximum Gasteiger partial charge on any atom is 0.288 e. The summed E-state index contributed by atoms with van der Waals surface area (Å²) >= 11 is 7.07. The van der Waals surface area contributed by atoms with E-state index < -0.39 is 4.92 Å². The molecule has 1 aromatic carbocycles. The van der Waals surface area contributed by atoms with Crippen LogP contribution in [-0.4, -0.2) is 28.2 Å². The van der Waals surface area contributed by atoms with E-state index in [0.29, 0.717) is 11.4 Å². The first-order valence-electron chi connectivity index (χ1n) is 6.90. The number of nitrogens with zero attached hydrogens (tertiary/aromatic N) is 2. The molecule has 1 aliphatic rings. The molecule has 6 nitrogen and oxygen atoms in total. The first-order chi connectivity index (χ1) is 10.5. The largest absolute Gasteiger partial charge is 0.288 e. The van der Waals surface area contributed by atoms with E-state index in [1.54, 1.807) is 0 Å². The third-order valence-corrected chi connectivity index (χ3v) is 4.47. The van der Waals surface area contributed by atoms with Gasteiger partial charge < -0.3 is 0 Å². The second-order valence-electron chi connectivity index (χ2n) is 4.73. The lowest BCUT2D eigenvalue weighted by Gasteiger charge is -2.15. The van der Waals surface area contributed by atoms with Gasteiger partial charge in [-0.25, -0.2) is 5.43 Å². The average molecular weight is 342 g/mol. The van der Waals surface area contributed by atoms with Crippen molar-refractivity contribution in [1.82, 2.24) is 9.84 Å². The molecule has 0 atom stereocenters. The Morgan fingerprint density at radius 1 is 1.55 bits per heavy atom. The first kappa shape index (κ1) is 17.0. The summed E-state index contributed by atoms with van der Waals surface area (Å²) in [6.45, 7) is 3.58. The van der Waals surface area contributed by atoms with Crippen LogP contribution in [-0.2, 0) is 0 Å². The number of Topliss-reactive ketones (excluding diaryl/α,β-unsaturated/α-hetero) is 1. The van der Waals surface area contributed by atoms with Crippen LogP contribution < -0.4 is 5.43 Å². The molecule has 0 unspecified atom stereocenters. The second-order valence-corrected chi connectivity index (χ2v) is 6.21. The quantitative estimate of drug-likeness (QED) is 0.268. The number of halogens is 1. The van der Waals surface area contributed by atoms with Crippen molar-refractivity contribution < 1.29 is 9.72 Å². The highest BCUT2D eigenvalue weighted by molar-refractivity contribution is 8.02. The van der Waals surface area contributed by atoms with E-state index >= 15 is 0 Å². The molecule has 22 heavy (non-hydrogen) atoms. The van der Waals surface area contributed by atoms with E-state index in [4.69, 9.17) is 11.6 Å². The topological polar surface area (TPSA) is 75.5 Å². The number of nitro benzene ring substituents is 1. The zero-order valence-corrected chi connectivity index (χ0v) is 13.6. The van der Waals surface area contributed by atoms with Gasteiger partial charge in [-0.15, -0.1) is 0 Å². The molecule has 0 radical (unpaired) electrons. The molecule has 2 rings (SSSR count). The van der Waals surface area contributed by atoms with Crippen molar-refractivity contribution in [2.24, 2.45) is 0 Å². The zero-order valence-electron chi connectivity index (χ0n) is 12.0. The van der Waals surface area contributed by atoms with Crippen LogP contribution in [0.15, 0.2) is 29.2 Å². The van der Waals surface area contributed by atoms with Crippen molar-refractivity contribution in [2.75, 3.05) is 13.1 Å². The molecule has 1 aromatic rings. The smallest absolute Gasteiger partial charge is 0.288 e. The van der Waals surface area contributed by atoms with Crippen LogP contribution in [0.1, 0.15) is 30.1 Å². The van der Waals surface area contributed by atoms with Gasteiger partial charge in [-0.05, 0) is 36.6 Å². The number of unbranched alkanes of at least 4 members (excludes halogenated alkanes) is 1. The predicted molar refractivity (Wildman–Crippen MR) is 87.7 cm³/mol. The zero-order chi connectivity index (χ0) is 16.1. The summed E-state index contributed by atoms with van der Waals surface area (Å²) in [6.07, 6.45) is 3.97. The number of hydrazine groups is 1. The van der Waals surface area contributed by atoms with E-state index in [1.807, 2.05) is 10.5 Å². The summed E-state index contributed by atoms with van der Waals surface area (Å²) in [4.78, 5) is 23.3. The summed E-state index contributed by atoms with van der Waals surface area (Å²) in [5.41, 5.74) is 3.23. The van der Waals surface area contributed by atoms with Crippen LogP contribution in [0.3, 0.4) is 0 Å². The highest BCUT2D eigenvalue weighted by Crippen LogP contribution is 2.31. The predicted octanol–water partition coefficient (Wildman–Crippen LogP) is 3.58. The Balaban J connectivity index is 2.04. The monoisotopic (exact) mass is 341 g/mol. The van der Waals surface area contributed by atoms with E-state index in [9.17, 15) is 14.9 Å². The fourth-order valence-electron chi connectivity index (χ4n) is 1.91. The number of allylic oxidation sites excluding steroid dienone is 1. The number of hydrogen-bond acceptors (Lipinski definition) is 6. The Bertz CT molecular complexity index is 621. The Morgan fingerprint density at radius 2 is 2.32 bits per heavy atom. The van der Waals surface area contributed by atoms with Crippen molar-refractivity contribution in [3.8, 4) is 0 Å². The molecule has 0 fully saturated rings. The SMILES string of the molecule is CCCCNN1CC=C(C(=O)c2ccc(Cl)c([N+](=O)[O-])c2)S1. The number of benzene rings is 1. The number of hydrogen-bond donors (Lipinski definition) is 1. The summed E-state index contributed by atoms with van der Waals surface area (Å²) in [6, 6.07) is 4.11. The lowest BCUT2D eigenvalue weighted by molar-refractivity contribution is -0.384. The molecular formula is C14H16ClN3O3S. The van der Waals surface area contributed by atoms with Gasteiger partial charge in [0.15, 0.2) is 0 Å². The number of nitro groups is 1. The molecule has 1 N–H and O–H groups in total. The Labute approximate surface area is 137 Å². The van der Waals surface area contributed by atoms with Gasteiger partial charge in [0.25, 0.3) is 5.69 Å². The van der Waals surface area contributed by atoms with Crippen LogP contribution in [0.25, 0.3) is 0 Å². The van der Waals surface area contributed by atoms with Gasteiger partial charge in [0.2, 0.25) is 5.78 Å². The van der Waals surface area contributed by atoms with Crippen LogP contribution in [0, 0.1) is 10.1 Å². The number of carbonyl (C=O) groups excluding carboxylic acids is 1. The van der Waals surface area contributed by atoms with Gasteiger partial charge in [-0.3, -0.25) is 14.9 Å². The standard InChI is InChI=1S/C14H16ClN3O3S/c1-2-3-7-16-17-8-6-13(22-17)14(19)10-4-5-11(15)12(9-10)18(20)21/h4-6,9,16H,2-3,7-8H2,1H3. The van der Waals surface area contributed by atoms with E-state index in [1.165, 1.54) is 30.1 Å². The maximum atomic E-state index is 12.4. The molecule has 0 saturated heterocycles. The maximum absolute atomic E-state index is 12.4. The lowest BCUT2D eigenvalue weighted by atomic mass is 10.1. The summed E-state index contributed by atoms with van der Waals surface area (Å²) < 4.78 is 1.88. The van der Waals surface area contributed by atoms with Crippen molar-refractivity contribution in [1.29, 1.82) is 0 Å². The number of nitrogens with one attached hydrogen (secondary N) is 1. The van der Waals surface area contributed by atoms with Crippen molar-refractivity contribution in [3.05, 3.63) is 49.9 Å². The Hall–Kier alpha value is -1.41. The summed E-state index contributed by atoms with van der Waals surface area (Å²) in [5, 5.41) is 10.9. The van der Waals surface area contributed by atoms with Crippen LogP contribution in [0.2, 0.25) is 5.02 Å². The normalized spacial score (nSPS) is 14.9. The summed E-state index contributed by atoms with van der Waals surface area (Å²) in [5.74, 6) is -0.232. The minimum absolute atomic E-state index is 0.0254. The minimum Gasteiger partial charge on any atom is -0.288 e. The number of rotatable bonds is 7. The second kappa shape index (κ2) is 7.73. The van der Waals surface area contributed by atoms with Crippen LogP contribution in [0.4, 0.5) is 5.69 Å². The average Bonchev–Trinajstić information content (AvgIpc) is 2.96. The first-order valence-corrected chi connectivity index (χ1v) is 8.06. The Morgan fingerprint density at radius 3 is 3.00 bits per heavy atom. The third-order valence-electron chi connectivity index (χ3n) is 3.10. The Kier molecular flexibility index (Phi) is 5.96. The molecule has 118 valence electrons. The molecular weight excluding hydrogens is 326 g/mol. The molecule has 0 bridgehead atoms. The van der Waals surface area contributed by atoms with E-state index in [0.717, 1.165) is 19.4 Å². The van der Waals surface area contributed by atoms with Gasteiger partial charge >= 0.3 is 0 Å². The van der Waals surface area contributed by atoms with Crippen molar-refractivity contribution in [3.63, 3.8) is 0 Å². The van der Waals surface area contributed by atoms with Crippen LogP contribution in [0.5, 0.6) is 0 Å². The van der Waals surface area contributed by atoms with Gasteiger partial charge in [-0.2, -0.15) is 4.41 Å².